The van der Waals surface area contributed by atoms with Crippen molar-refractivity contribution in [1.82, 2.24) is 15.3 Å². The molecule has 2 aromatic heterocycles. The predicted octanol–water partition coefficient (Wildman–Crippen LogP) is 4.50. The molecular weight excluding hydrogens is 476 g/mol. The van der Waals surface area contributed by atoms with Crippen LogP contribution in [0.2, 0.25) is 0 Å². The highest BCUT2D eigenvalue weighted by Crippen LogP contribution is 2.24. The van der Waals surface area contributed by atoms with Crippen molar-refractivity contribution in [2.75, 3.05) is 29.0 Å². The molecule has 4 rings (SSSR count). The lowest BCUT2D eigenvalue weighted by molar-refractivity contribution is 0.601. The van der Waals surface area contributed by atoms with Gasteiger partial charge in [-0.2, -0.15) is 0 Å². The van der Waals surface area contributed by atoms with Gasteiger partial charge in [0.05, 0.1) is 10.6 Å². The molecule has 0 saturated heterocycles. The first kappa shape index (κ1) is 23.2. The third kappa shape index (κ3) is 6.29. The summed E-state index contributed by atoms with van der Waals surface area (Å²) in [6.45, 7) is 1.42. The molecule has 0 aliphatic carbocycles. The summed E-state index contributed by atoms with van der Waals surface area (Å²) in [6.07, 6.45) is 1.55. The topological polar surface area (TPSA) is 99.2 Å². The zero-order valence-corrected chi connectivity index (χ0v) is 20.6. The molecule has 0 bridgehead atoms. The number of sulfonamides is 1. The van der Waals surface area contributed by atoms with Crippen molar-refractivity contribution in [3.63, 3.8) is 0 Å². The number of nitrogens with zero attached hydrogens (tertiary/aromatic N) is 3. The van der Waals surface area contributed by atoms with E-state index >= 15 is 0 Å². The lowest BCUT2D eigenvalue weighted by Crippen LogP contribution is -2.13. The number of rotatable bonds is 10. The normalized spacial score (nSPS) is 11.3. The predicted molar refractivity (Wildman–Crippen MR) is 136 cm³/mol. The number of aromatic nitrogens is 2. The van der Waals surface area contributed by atoms with E-state index in [0.717, 1.165) is 23.1 Å². The number of hydrogen-bond donors (Lipinski definition) is 3. The van der Waals surface area contributed by atoms with Crippen molar-refractivity contribution in [2.45, 2.75) is 18.0 Å². The van der Waals surface area contributed by atoms with Crippen LogP contribution in [0.25, 0.3) is 0 Å². The van der Waals surface area contributed by atoms with Gasteiger partial charge in [0, 0.05) is 55.5 Å². The average Bonchev–Trinajstić information content (AvgIpc) is 3.46. The maximum Gasteiger partial charge on any atom is 0.263 e. The van der Waals surface area contributed by atoms with E-state index in [-0.39, 0.29) is 4.90 Å². The summed E-state index contributed by atoms with van der Waals surface area (Å²) >= 11 is 2.73. The second kappa shape index (κ2) is 10.3. The second-order valence-corrected chi connectivity index (χ2v) is 10.8. The van der Waals surface area contributed by atoms with E-state index in [2.05, 4.69) is 54.5 Å². The van der Waals surface area contributed by atoms with Crippen molar-refractivity contribution in [1.29, 1.82) is 0 Å². The fourth-order valence-corrected chi connectivity index (χ4v) is 5.50. The molecule has 8 nitrogen and oxygen atoms in total. The molecule has 0 fully saturated rings. The summed E-state index contributed by atoms with van der Waals surface area (Å²) < 4.78 is 27.3. The van der Waals surface area contributed by atoms with Crippen molar-refractivity contribution < 1.29 is 8.42 Å². The molecule has 2 heterocycles. The highest BCUT2D eigenvalue weighted by atomic mass is 32.2. The molecular formula is C22H24N6O2S3. The van der Waals surface area contributed by atoms with Gasteiger partial charge in [0.2, 0.25) is 0 Å². The minimum atomic E-state index is -3.66. The van der Waals surface area contributed by atoms with Crippen LogP contribution >= 0.6 is 22.7 Å². The van der Waals surface area contributed by atoms with E-state index in [0.29, 0.717) is 11.7 Å². The summed E-state index contributed by atoms with van der Waals surface area (Å²) in [6, 6.07) is 15.0. The van der Waals surface area contributed by atoms with Crippen molar-refractivity contribution in [3.8, 4) is 0 Å². The summed E-state index contributed by atoms with van der Waals surface area (Å²) in [5, 5.41) is 11.4. The smallest absolute Gasteiger partial charge is 0.263 e. The van der Waals surface area contributed by atoms with Gasteiger partial charge in [0.1, 0.15) is 0 Å². The number of hydrogen-bond acceptors (Lipinski definition) is 9. The first-order valence-electron chi connectivity index (χ1n) is 10.1. The molecule has 3 N–H and O–H groups in total. The molecule has 0 aliphatic heterocycles. The molecule has 11 heteroatoms. The summed E-state index contributed by atoms with van der Waals surface area (Å²) in [5.74, 6) is 0. The molecule has 172 valence electrons. The molecule has 0 amide bonds. The standard InChI is InChI=1S/C22H24N6O2S3/c1-28(2)19-7-3-16(4-8-19)13-23-14-18-15-32-22(26-18)25-17-5-9-20(10-6-17)33(29,30)27-21-24-11-12-31-21/h3-12,15,23H,13-14H2,1-2H3,(H,24,27)(H,25,26). The lowest BCUT2D eigenvalue weighted by Gasteiger charge is -2.12. The first-order valence-corrected chi connectivity index (χ1v) is 13.3. The van der Waals surface area contributed by atoms with Crippen molar-refractivity contribution in [3.05, 3.63) is 76.7 Å². The zero-order chi connectivity index (χ0) is 23.3. The fraction of sp³-hybridized carbons (Fsp3) is 0.182. The number of thiazole rings is 2. The molecule has 2 aromatic carbocycles. The van der Waals surface area contributed by atoms with Gasteiger partial charge in [-0.25, -0.2) is 18.4 Å². The summed E-state index contributed by atoms with van der Waals surface area (Å²) in [5.41, 5.74) is 4.10. The quantitative estimate of drug-likeness (QED) is 0.295. The number of anilines is 4. The maximum absolute atomic E-state index is 12.4. The van der Waals surface area contributed by atoms with Gasteiger partial charge < -0.3 is 15.5 Å². The van der Waals surface area contributed by atoms with Gasteiger partial charge >= 0.3 is 0 Å². The molecule has 0 saturated carbocycles. The van der Waals surface area contributed by atoms with Crippen LogP contribution in [0.3, 0.4) is 0 Å². The Morgan fingerprint density at radius 3 is 2.36 bits per heavy atom. The van der Waals surface area contributed by atoms with Crippen LogP contribution in [-0.2, 0) is 23.1 Å². The third-order valence-corrected chi connectivity index (χ3v) is 7.69. The van der Waals surface area contributed by atoms with Crippen LogP contribution < -0.4 is 20.3 Å². The monoisotopic (exact) mass is 500 g/mol. The minimum Gasteiger partial charge on any atom is -0.378 e. The van der Waals surface area contributed by atoms with Gasteiger partial charge in [-0.15, -0.1) is 22.7 Å². The number of benzene rings is 2. The zero-order valence-electron chi connectivity index (χ0n) is 18.1. The molecule has 0 aliphatic rings. The average molecular weight is 501 g/mol. The summed E-state index contributed by atoms with van der Waals surface area (Å²) in [4.78, 5) is 10.8. The van der Waals surface area contributed by atoms with Crippen LogP contribution in [-0.4, -0.2) is 32.5 Å². The van der Waals surface area contributed by atoms with E-state index in [1.807, 2.05) is 19.5 Å². The Kier molecular flexibility index (Phi) is 7.23. The van der Waals surface area contributed by atoms with Crippen LogP contribution in [0, 0.1) is 0 Å². The fourth-order valence-electron chi connectivity index (χ4n) is 2.98. The Bertz CT molecular complexity index is 1270. The highest BCUT2D eigenvalue weighted by molar-refractivity contribution is 7.93. The van der Waals surface area contributed by atoms with E-state index < -0.39 is 10.0 Å². The van der Waals surface area contributed by atoms with Gasteiger partial charge in [-0.05, 0) is 42.0 Å². The minimum absolute atomic E-state index is 0.172. The Morgan fingerprint density at radius 1 is 0.939 bits per heavy atom. The van der Waals surface area contributed by atoms with Crippen LogP contribution in [0.5, 0.6) is 0 Å². The molecule has 0 spiro atoms. The SMILES string of the molecule is CN(C)c1ccc(CNCc2csc(Nc3ccc(S(=O)(=O)Nc4nccs4)cc3)n2)cc1. The Morgan fingerprint density at radius 2 is 1.70 bits per heavy atom. The first-order chi connectivity index (χ1) is 15.9. The molecule has 4 aromatic rings. The Balaban J connectivity index is 1.29. The van der Waals surface area contributed by atoms with Gasteiger partial charge in [0.15, 0.2) is 10.3 Å². The second-order valence-electron chi connectivity index (χ2n) is 7.40. The lowest BCUT2D eigenvalue weighted by atomic mass is 10.2. The highest BCUT2D eigenvalue weighted by Gasteiger charge is 2.15. The van der Waals surface area contributed by atoms with Gasteiger partial charge in [0.25, 0.3) is 10.0 Å². The van der Waals surface area contributed by atoms with Crippen LogP contribution in [0.4, 0.5) is 21.6 Å². The van der Waals surface area contributed by atoms with Crippen LogP contribution in [0.1, 0.15) is 11.3 Å². The Labute approximate surface area is 201 Å². The molecule has 0 unspecified atom stereocenters. The van der Waals surface area contributed by atoms with Gasteiger partial charge in [-0.1, -0.05) is 12.1 Å². The summed E-state index contributed by atoms with van der Waals surface area (Å²) in [7, 11) is 0.391. The van der Waals surface area contributed by atoms with E-state index in [1.165, 1.54) is 33.9 Å². The third-order valence-electron chi connectivity index (χ3n) is 4.71. The van der Waals surface area contributed by atoms with Crippen LogP contribution in [0.15, 0.2) is 70.4 Å². The maximum atomic E-state index is 12.4. The number of nitrogens with one attached hydrogen (secondary N) is 3. The molecule has 0 atom stereocenters. The van der Waals surface area contributed by atoms with Crippen molar-refractivity contribution in [2.24, 2.45) is 0 Å². The Hall–Kier alpha value is -2.99. The van der Waals surface area contributed by atoms with Gasteiger partial charge in [-0.3, -0.25) is 4.72 Å². The van der Waals surface area contributed by atoms with Crippen molar-refractivity contribution >= 4 is 54.3 Å². The van der Waals surface area contributed by atoms with E-state index in [1.54, 1.807) is 35.8 Å². The molecule has 33 heavy (non-hydrogen) atoms. The largest absolute Gasteiger partial charge is 0.378 e. The van der Waals surface area contributed by atoms with E-state index in [4.69, 9.17) is 0 Å². The molecule has 0 radical (unpaired) electrons. The van der Waals surface area contributed by atoms with E-state index in [9.17, 15) is 8.42 Å².